The minimum atomic E-state index is -0.818. The molecule has 0 atom stereocenters. The molecule has 4 nitrogen and oxygen atoms in total. The highest BCUT2D eigenvalue weighted by Gasteiger charge is 2.43. The second kappa shape index (κ2) is 7.32. The summed E-state index contributed by atoms with van der Waals surface area (Å²) >= 11 is 0. The Labute approximate surface area is 154 Å². The van der Waals surface area contributed by atoms with Crippen molar-refractivity contribution in [2.24, 2.45) is 0 Å². The highest BCUT2D eigenvalue weighted by Crippen LogP contribution is 2.34. The van der Waals surface area contributed by atoms with Crippen LogP contribution >= 0.6 is 0 Å². The van der Waals surface area contributed by atoms with Gasteiger partial charge in [0.1, 0.15) is 11.3 Å². The molecule has 1 fully saturated rings. The second-order valence-electron chi connectivity index (χ2n) is 7.07. The van der Waals surface area contributed by atoms with Gasteiger partial charge < -0.3 is 10.1 Å². The SMILES string of the molecule is COc1cccc(C(=O)NC2(C(=O)c3ccc(C)cc3)CCCC2)c1C. The maximum absolute atomic E-state index is 13.2. The van der Waals surface area contributed by atoms with Gasteiger partial charge in [-0.15, -0.1) is 0 Å². The lowest BCUT2D eigenvalue weighted by Gasteiger charge is -2.29. The van der Waals surface area contributed by atoms with Gasteiger partial charge in [-0.3, -0.25) is 9.59 Å². The van der Waals surface area contributed by atoms with Crippen LogP contribution in [0.5, 0.6) is 5.75 Å². The Morgan fingerprint density at radius 3 is 2.27 bits per heavy atom. The molecule has 0 heterocycles. The highest BCUT2D eigenvalue weighted by atomic mass is 16.5. The van der Waals surface area contributed by atoms with Crippen molar-refractivity contribution in [3.63, 3.8) is 0 Å². The lowest BCUT2D eigenvalue weighted by Crippen LogP contribution is -2.52. The van der Waals surface area contributed by atoms with Gasteiger partial charge in [0.15, 0.2) is 5.78 Å². The molecule has 1 aliphatic rings. The van der Waals surface area contributed by atoms with E-state index in [4.69, 9.17) is 4.74 Å². The van der Waals surface area contributed by atoms with E-state index in [9.17, 15) is 9.59 Å². The first-order valence-electron chi connectivity index (χ1n) is 9.04. The summed E-state index contributed by atoms with van der Waals surface area (Å²) in [5.41, 5.74) is 2.27. The summed E-state index contributed by atoms with van der Waals surface area (Å²) in [5.74, 6) is 0.454. The van der Waals surface area contributed by atoms with Crippen LogP contribution in [0.3, 0.4) is 0 Å². The molecule has 1 N–H and O–H groups in total. The fourth-order valence-electron chi connectivity index (χ4n) is 3.73. The van der Waals surface area contributed by atoms with Crippen molar-refractivity contribution in [2.45, 2.75) is 45.1 Å². The third kappa shape index (κ3) is 3.36. The molecule has 1 amide bonds. The topological polar surface area (TPSA) is 55.4 Å². The number of ketones is 1. The third-order valence-corrected chi connectivity index (χ3v) is 5.31. The summed E-state index contributed by atoms with van der Waals surface area (Å²) in [6.07, 6.45) is 3.23. The van der Waals surface area contributed by atoms with Crippen molar-refractivity contribution in [2.75, 3.05) is 7.11 Å². The van der Waals surface area contributed by atoms with Crippen LogP contribution in [-0.4, -0.2) is 24.3 Å². The predicted molar refractivity (Wildman–Crippen MR) is 102 cm³/mol. The summed E-state index contributed by atoms with van der Waals surface area (Å²) in [6, 6.07) is 13.0. The first-order valence-corrected chi connectivity index (χ1v) is 9.04. The van der Waals surface area contributed by atoms with Gasteiger partial charge in [-0.25, -0.2) is 0 Å². The molecule has 1 aliphatic carbocycles. The number of amides is 1. The van der Waals surface area contributed by atoms with Crippen LogP contribution < -0.4 is 10.1 Å². The number of ether oxygens (including phenoxy) is 1. The van der Waals surface area contributed by atoms with Crippen LogP contribution in [0.25, 0.3) is 0 Å². The molecular weight excluding hydrogens is 326 g/mol. The Bertz CT molecular complexity index is 818. The summed E-state index contributed by atoms with van der Waals surface area (Å²) in [7, 11) is 1.59. The molecule has 0 unspecified atom stereocenters. The summed E-state index contributed by atoms with van der Waals surface area (Å²) in [6.45, 7) is 3.85. The molecule has 2 aromatic carbocycles. The van der Waals surface area contributed by atoms with Gasteiger partial charge in [0, 0.05) is 16.7 Å². The van der Waals surface area contributed by atoms with Gasteiger partial charge in [0.25, 0.3) is 5.91 Å². The molecule has 0 spiro atoms. The van der Waals surface area contributed by atoms with E-state index in [1.54, 1.807) is 19.2 Å². The molecule has 2 aromatic rings. The maximum atomic E-state index is 13.2. The van der Waals surface area contributed by atoms with Crippen LogP contribution in [0.4, 0.5) is 0 Å². The van der Waals surface area contributed by atoms with Crippen LogP contribution in [0.15, 0.2) is 42.5 Å². The molecule has 0 saturated heterocycles. The van der Waals surface area contributed by atoms with E-state index in [1.165, 1.54) is 0 Å². The van der Waals surface area contributed by atoms with Crippen LogP contribution in [-0.2, 0) is 0 Å². The quantitative estimate of drug-likeness (QED) is 0.820. The van der Waals surface area contributed by atoms with Gasteiger partial charge >= 0.3 is 0 Å². The van der Waals surface area contributed by atoms with Gasteiger partial charge in [-0.05, 0) is 38.8 Å². The number of Topliss-reactive ketones (excluding diaryl/α,β-unsaturated/α-hetero) is 1. The Hall–Kier alpha value is -2.62. The molecule has 1 saturated carbocycles. The van der Waals surface area contributed by atoms with Crippen LogP contribution in [0, 0.1) is 13.8 Å². The molecule has 3 rings (SSSR count). The standard InChI is InChI=1S/C22H25NO3/c1-15-9-11-17(12-10-15)20(24)22(13-4-5-14-22)23-21(25)18-7-6-8-19(26-3)16(18)2/h6-12H,4-5,13-14H2,1-3H3,(H,23,25). The summed E-state index contributed by atoms with van der Waals surface area (Å²) in [5, 5.41) is 3.07. The minimum Gasteiger partial charge on any atom is -0.496 e. The zero-order valence-corrected chi connectivity index (χ0v) is 15.6. The molecule has 4 heteroatoms. The molecule has 0 aliphatic heterocycles. The molecular formula is C22H25NO3. The molecule has 0 bridgehead atoms. The van der Waals surface area contributed by atoms with Gasteiger partial charge in [0.2, 0.25) is 0 Å². The van der Waals surface area contributed by atoms with E-state index in [0.29, 0.717) is 29.7 Å². The largest absolute Gasteiger partial charge is 0.496 e. The summed E-state index contributed by atoms with van der Waals surface area (Å²) < 4.78 is 5.31. The number of nitrogens with one attached hydrogen (secondary N) is 1. The maximum Gasteiger partial charge on any atom is 0.252 e. The van der Waals surface area contributed by atoms with Crippen molar-refractivity contribution in [1.82, 2.24) is 5.32 Å². The molecule has 0 radical (unpaired) electrons. The van der Waals surface area contributed by atoms with Crippen molar-refractivity contribution in [3.8, 4) is 5.75 Å². The van der Waals surface area contributed by atoms with E-state index >= 15 is 0 Å². The number of benzene rings is 2. The van der Waals surface area contributed by atoms with Crippen molar-refractivity contribution in [3.05, 3.63) is 64.7 Å². The second-order valence-corrected chi connectivity index (χ2v) is 7.07. The fraction of sp³-hybridized carbons (Fsp3) is 0.364. The Balaban J connectivity index is 1.90. The zero-order chi connectivity index (χ0) is 18.7. The smallest absolute Gasteiger partial charge is 0.252 e. The highest BCUT2D eigenvalue weighted by molar-refractivity contribution is 6.07. The van der Waals surface area contributed by atoms with E-state index in [1.807, 2.05) is 44.2 Å². The first-order chi connectivity index (χ1) is 12.5. The summed E-state index contributed by atoms with van der Waals surface area (Å²) in [4.78, 5) is 26.2. The fourth-order valence-corrected chi connectivity index (χ4v) is 3.73. The molecule has 0 aromatic heterocycles. The normalized spacial score (nSPS) is 15.5. The van der Waals surface area contributed by atoms with Gasteiger partial charge in [-0.2, -0.15) is 0 Å². The number of carbonyl (C=O) groups is 2. The van der Waals surface area contributed by atoms with E-state index in [2.05, 4.69) is 5.32 Å². The van der Waals surface area contributed by atoms with E-state index < -0.39 is 5.54 Å². The minimum absolute atomic E-state index is 0.00361. The van der Waals surface area contributed by atoms with Crippen molar-refractivity contribution >= 4 is 11.7 Å². The number of carbonyl (C=O) groups excluding carboxylic acids is 2. The van der Waals surface area contributed by atoms with Crippen molar-refractivity contribution in [1.29, 1.82) is 0 Å². The Morgan fingerprint density at radius 1 is 1.00 bits per heavy atom. The number of hydrogen-bond acceptors (Lipinski definition) is 3. The Kier molecular flexibility index (Phi) is 5.12. The monoisotopic (exact) mass is 351 g/mol. The van der Waals surface area contributed by atoms with E-state index in [0.717, 1.165) is 24.0 Å². The third-order valence-electron chi connectivity index (χ3n) is 5.31. The van der Waals surface area contributed by atoms with Crippen LogP contribution in [0.2, 0.25) is 0 Å². The lowest BCUT2D eigenvalue weighted by molar-refractivity contribution is 0.0769. The van der Waals surface area contributed by atoms with Gasteiger partial charge in [0.05, 0.1) is 7.11 Å². The molecule has 136 valence electrons. The van der Waals surface area contributed by atoms with Crippen LogP contribution in [0.1, 0.15) is 57.5 Å². The van der Waals surface area contributed by atoms with E-state index in [-0.39, 0.29) is 11.7 Å². The number of aryl methyl sites for hydroxylation is 1. The zero-order valence-electron chi connectivity index (χ0n) is 15.6. The number of rotatable bonds is 5. The number of hydrogen-bond donors (Lipinski definition) is 1. The lowest BCUT2D eigenvalue weighted by atomic mass is 9.86. The van der Waals surface area contributed by atoms with Crippen molar-refractivity contribution < 1.29 is 14.3 Å². The first kappa shape index (κ1) is 18.2. The molecule has 26 heavy (non-hydrogen) atoms. The predicted octanol–water partition coefficient (Wildman–Crippen LogP) is 4.24. The Morgan fingerprint density at radius 2 is 1.65 bits per heavy atom. The average molecular weight is 351 g/mol. The number of methoxy groups -OCH3 is 1. The van der Waals surface area contributed by atoms with Gasteiger partial charge in [-0.1, -0.05) is 48.7 Å². The average Bonchev–Trinajstić information content (AvgIpc) is 3.11.